The van der Waals surface area contributed by atoms with E-state index in [-0.39, 0.29) is 16.8 Å². The molecule has 2 aromatic carbocycles. The predicted molar refractivity (Wildman–Crippen MR) is 133 cm³/mol. The second kappa shape index (κ2) is 8.96. The van der Waals surface area contributed by atoms with Gasteiger partial charge in [0, 0.05) is 31.7 Å². The van der Waals surface area contributed by atoms with Gasteiger partial charge in [0.05, 0.1) is 23.0 Å². The van der Waals surface area contributed by atoms with Crippen LogP contribution in [0.2, 0.25) is 0 Å². The van der Waals surface area contributed by atoms with Crippen LogP contribution in [0.15, 0.2) is 39.9 Å². The van der Waals surface area contributed by atoms with Crippen molar-refractivity contribution >= 4 is 21.9 Å². The first-order valence-electron chi connectivity index (χ1n) is 12.3. The number of nitrogens with one attached hydrogen (secondary N) is 2. The third-order valence-electron chi connectivity index (χ3n) is 7.07. The fraction of sp³-hybridized carbons (Fsp3) is 0.423. The molecule has 9 heteroatoms. The molecule has 0 atom stereocenters. The van der Waals surface area contributed by atoms with Gasteiger partial charge >= 0.3 is 0 Å². The van der Waals surface area contributed by atoms with Crippen LogP contribution in [0.5, 0.6) is 5.75 Å². The molecule has 0 amide bonds. The van der Waals surface area contributed by atoms with Crippen molar-refractivity contribution in [3.05, 3.63) is 56.6 Å². The lowest BCUT2D eigenvalue weighted by atomic mass is 10.1. The van der Waals surface area contributed by atoms with Gasteiger partial charge in [-0.05, 0) is 55.9 Å². The number of halogens is 1. The minimum absolute atomic E-state index is 0.0904. The molecule has 0 saturated carbocycles. The van der Waals surface area contributed by atoms with Gasteiger partial charge in [0.25, 0.3) is 11.1 Å². The van der Waals surface area contributed by atoms with E-state index in [1.807, 2.05) is 12.1 Å². The van der Waals surface area contributed by atoms with Gasteiger partial charge in [-0.15, -0.1) is 0 Å². The summed E-state index contributed by atoms with van der Waals surface area (Å²) in [7, 11) is 0. The summed E-state index contributed by atoms with van der Waals surface area (Å²) in [4.78, 5) is 36.1. The lowest BCUT2D eigenvalue weighted by Crippen LogP contribution is -2.33. The summed E-state index contributed by atoms with van der Waals surface area (Å²) in [5.74, 6) is 0.630. The van der Waals surface area contributed by atoms with E-state index < -0.39 is 6.17 Å². The summed E-state index contributed by atoms with van der Waals surface area (Å²) in [5.41, 5.74) is 3.22. The second-order valence-electron chi connectivity index (χ2n) is 9.56. The SMILES string of the molecule is O=c1[nH]c2cc(CN3CCC(F)CC3)cc3c2nc1-c1cccc2c(=O)n([nH]c12)CCCCCO3. The van der Waals surface area contributed by atoms with Crippen LogP contribution in [-0.4, -0.2) is 50.5 Å². The van der Waals surface area contributed by atoms with Gasteiger partial charge in [0.2, 0.25) is 0 Å². The minimum Gasteiger partial charge on any atom is -0.491 e. The number of H-pyrrole nitrogens is 2. The minimum atomic E-state index is -0.719. The monoisotopic (exact) mass is 477 g/mol. The van der Waals surface area contributed by atoms with Crippen molar-refractivity contribution in [2.75, 3.05) is 19.7 Å². The normalized spacial score (nSPS) is 17.7. The Hall–Kier alpha value is -3.46. The smallest absolute Gasteiger partial charge is 0.275 e. The molecule has 182 valence electrons. The number of nitrogens with zero attached hydrogens (tertiary/aromatic N) is 3. The third-order valence-corrected chi connectivity index (χ3v) is 7.07. The van der Waals surface area contributed by atoms with Crippen molar-refractivity contribution in [1.29, 1.82) is 0 Å². The Balaban J connectivity index is 1.49. The lowest BCUT2D eigenvalue weighted by Gasteiger charge is -2.28. The summed E-state index contributed by atoms with van der Waals surface area (Å²) >= 11 is 0. The van der Waals surface area contributed by atoms with Gasteiger partial charge in [-0.3, -0.25) is 24.3 Å². The van der Waals surface area contributed by atoms with Crippen molar-refractivity contribution in [2.24, 2.45) is 0 Å². The molecular weight excluding hydrogens is 449 g/mol. The first-order chi connectivity index (χ1) is 17.1. The zero-order valence-electron chi connectivity index (χ0n) is 19.5. The van der Waals surface area contributed by atoms with E-state index in [0.717, 1.165) is 24.8 Å². The first-order valence-corrected chi connectivity index (χ1v) is 12.3. The van der Waals surface area contributed by atoms with Gasteiger partial charge in [-0.2, -0.15) is 0 Å². The first kappa shape index (κ1) is 22.0. The highest BCUT2D eigenvalue weighted by Crippen LogP contribution is 2.30. The molecule has 2 N–H and O–H groups in total. The number of rotatable bonds is 2. The van der Waals surface area contributed by atoms with Crippen LogP contribution in [0.25, 0.3) is 33.2 Å². The molecule has 2 aromatic heterocycles. The van der Waals surface area contributed by atoms with Crippen LogP contribution in [0.4, 0.5) is 4.39 Å². The van der Waals surface area contributed by atoms with E-state index in [1.165, 1.54) is 0 Å². The Kier molecular flexibility index (Phi) is 5.64. The molecule has 8 nitrogen and oxygen atoms in total. The van der Waals surface area contributed by atoms with Crippen molar-refractivity contribution in [2.45, 2.75) is 51.4 Å². The predicted octanol–water partition coefficient (Wildman–Crippen LogP) is 3.73. The van der Waals surface area contributed by atoms with Gasteiger partial charge in [-0.25, -0.2) is 9.37 Å². The van der Waals surface area contributed by atoms with E-state index in [4.69, 9.17) is 9.72 Å². The van der Waals surface area contributed by atoms with Crippen LogP contribution in [0.3, 0.4) is 0 Å². The average Bonchev–Trinajstić information content (AvgIpc) is 3.17. The highest BCUT2D eigenvalue weighted by molar-refractivity contribution is 5.93. The number of para-hydroxylation sites is 1. The third kappa shape index (κ3) is 4.14. The lowest BCUT2D eigenvalue weighted by molar-refractivity contribution is 0.145. The standard InChI is InChI=1S/C26H28FN5O3/c27-17-7-10-31(11-8-17)15-16-13-20-24-21(14-16)35-12-3-1-2-9-32-26(34)19-6-4-5-18(22(19)30-32)23(29-24)25(33)28-20/h4-6,13-14,17,30H,1-3,7-12,15H2,(H,28,33). The molecule has 0 aliphatic carbocycles. The van der Waals surface area contributed by atoms with Crippen LogP contribution in [0, 0.1) is 0 Å². The number of aromatic amines is 2. The number of aromatic nitrogens is 4. The summed E-state index contributed by atoms with van der Waals surface area (Å²) in [6, 6.07) is 9.28. The molecular formula is C26H28FN5O3. The number of benzene rings is 2. The number of hydrogen-bond acceptors (Lipinski definition) is 5. The van der Waals surface area contributed by atoms with Crippen LogP contribution in [-0.2, 0) is 13.1 Å². The van der Waals surface area contributed by atoms with Crippen molar-refractivity contribution < 1.29 is 9.13 Å². The van der Waals surface area contributed by atoms with E-state index in [1.54, 1.807) is 22.9 Å². The number of alkyl halides is 1. The number of aryl methyl sites for hydroxylation is 1. The molecule has 4 bridgehead atoms. The molecule has 2 aliphatic rings. The van der Waals surface area contributed by atoms with Crippen LogP contribution in [0.1, 0.15) is 37.7 Å². The fourth-order valence-corrected chi connectivity index (χ4v) is 5.19. The molecule has 0 unspecified atom stereocenters. The van der Waals surface area contributed by atoms with Crippen molar-refractivity contribution in [3.63, 3.8) is 0 Å². The number of ether oxygens (including phenoxy) is 1. The van der Waals surface area contributed by atoms with Gasteiger partial charge < -0.3 is 9.72 Å². The fourth-order valence-electron chi connectivity index (χ4n) is 5.19. The highest BCUT2D eigenvalue weighted by Gasteiger charge is 2.21. The summed E-state index contributed by atoms with van der Waals surface area (Å²) in [5, 5.41) is 3.75. The van der Waals surface area contributed by atoms with E-state index in [2.05, 4.69) is 15.0 Å². The quantitative estimate of drug-likeness (QED) is 0.459. The number of hydrogen-bond donors (Lipinski definition) is 2. The topological polar surface area (TPSA) is 96.0 Å². The highest BCUT2D eigenvalue weighted by atomic mass is 19.1. The average molecular weight is 478 g/mol. The van der Waals surface area contributed by atoms with Crippen LogP contribution >= 0.6 is 0 Å². The number of likely N-dealkylation sites (tertiary alicyclic amines) is 1. The van der Waals surface area contributed by atoms with E-state index >= 15 is 0 Å². The maximum Gasteiger partial charge on any atom is 0.275 e. The summed E-state index contributed by atoms with van der Waals surface area (Å²) < 4.78 is 21.4. The Bertz CT molecular complexity index is 1510. The molecule has 35 heavy (non-hydrogen) atoms. The second-order valence-corrected chi connectivity index (χ2v) is 9.56. The largest absolute Gasteiger partial charge is 0.491 e. The Labute approximate surface area is 200 Å². The molecule has 2 aliphatic heterocycles. The van der Waals surface area contributed by atoms with E-state index in [0.29, 0.717) is 78.9 Å². The van der Waals surface area contributed by atoms with Gasteiger partial charge in [-0.1, -0.05) is 12.1 Å². The molecule has 4 heterocycles. The summed E-state index contributed by atoms with van der Waals surface area (Å²) in [6.07, 6.45) is 2.98. The molecule has 0 radical (unpaired) electrons. The van der Waals surface area contributed by atoms with Crippen molar-refractivity contribution in [3.8, 4) is 17.0 Å². The Morgan fingerprint density at radius 3 is 2.80 bits per heavy atom. The summed E-state index contributed by atoms with van der Waals surface area (Å²) in [6.45, 7) is 3.18. The van der Waals surface area contributed by atoms with Gasteiger partial charge in [0.1, 0.15) is 23.1 Å². The Morgan fingerprint density at radius 2 is 1.94 bits per heavy atom. The molecule has 6 rings (SSSR count). The Morgan fingerprint density at radius 1 is 1.09 bits per heavy atom. The maximum absolute atomic E-state index is 13.6. The zero-order valence-corrected chi connectivity index (χ0v) is 19.5. The molecule has 1 fully saturated rings. The van der Waals surface area contributed by atoms with Crippen molar-refractivity contribution in [1.82, 2.24) is 24.6 Å². The maximum atomic E-state index is 13.6. The zero-order chi connectivity index (χ0) is 23.9. The molecule has 4 aromatic rings. The molecule has 0 spiro atoms. The molecule has 1 saturated heterocycles. The van der Waals surface area contributed by atoms with Gasteiger partial charge in [0.15, 0.2) is 0 Å². The van der Waals surface area contributed by atoms with E-state index in [9.17, 15) is 14.0 Å². The number of piperidine rings is 1. The van der Waals surface area contributed by atoms with Crippen LogP contribution < -0.4 is 15.9 Å². The number of fused-ring (bicyclic) bond motifs is 3.